The van der Waals surface area contributed by atoms with Gasteiger partial charge in [-0.3, -0.25) is 0 Å². The van der Waals surface area contributed by atoms with Gasteiger partial charge < -0.3 is 4.79 Å². The Hall–Kier alpha value is -1.37. The van der Waals surface area contributed by atoms with Crippen molar-refractivity contribution in [3.8, 4) is 0 Å². The molecule has 1 aromatic rings. The second-order valence-electron chi connectivity index (χ2n) is 2.85. The van der Waals surface area contributed by atoms with E-state index in [1.807, 2.05) is 31.2 Å². The number of aldehydes is 1. The lowest BCUT2D eigenvalue weighted by atomic mass is 10.1. The van der Waals surface area contributed by atoms with Crippen LogP contribution in [0.3, 0.4) is 0 Å². The number of rotatable bonds is 3. The maximum atomic E-state index is 10.2. The van der Waals surface area contributed by atoms with Gasteiger partial charge in [-0.15, -0.1) is 0 Å². The minimum absolute atomic E-state index is 0.496. The Morgan fingerprint density at radius 1 is 1.42 bits per heavy atom. The van der Waals surface area contributed by atoms with Gasteiger partial charge in [-0.25, -0.2) is 0 Å². The summed E-state index contributed by atoms with van der Waals surface area (Å²) in [5, 5.41) is 0. The summed E-state index contributed by atoms with van der Waals surface area (Å²) in [6.45, 7) is 5.80. The molecule has 12 heavy (non-hydrogen) atoms. The van der Waals surface area contributed by atoms with Crippen LogP contribution in [0.1, 0.15) is 18.1 Å². The summed E-state index contributed by atoms with van der Waals surface area (Å²) in [5.41, 5.74) is 3.23. The van der Waals surface area contributed by atoms with Gasteiger partial charge >= 0.3 is 0 Å². The molecule has 1 rings (SSSR count). The SMILES string of the molecule is C=C(C)c1ccc(CC=O)cc1. The third-order valence-corrected chi connectivity index (χ3v) is 1.77. The standard InChI is InChI=1S/C11H12O/c1-9(2)11-5-3-10(4-6-11)7-8-12/h3-6,8H,1,7H2,2H3. The Labute approximate surface area is 72.7 Å². The van der Waals surface area contributed by atoms with Crippen LogP contribution < -0.4 is 0 Å². The van der Waals surface area contributed by atoms with Crippen LogP contribution in [0.25, 0.3) is 5.57 Å². The van der Waals surface area contributed by atoms with E-state index < -0.39 is 0 Å². The predicted molar refractivity (Wildman–Crippen MR) is 50.9 cm³/mol. The van der Waals surface area contributed by atoms with Crippen LogP contribution in [0.2, 0.25) is 0 Å². The van der Waals surface area contributed by atoms with Crippen molar-refractivity contribution in [1.29, 1.82) is 0 Å². The van der Waals surface area contributed by atoms with Crippen molar-refractivity contribution in [2.45, 2.75) is 13.3 Å². The highest BCUT2D eigenvalue weighted by Gasteiger charge is 1.93. The molecule has 0 unspecified atom stereocenters. The molecule has 0 heterocycles. The summed E-state index contributed by atoms with van der Waals surface area (Å²) in [7, 11) is 0. The van der Waals surface area contributed by atoms with Gasteiger partial charge in [-0.2, -0.15) is 0 Å². The molecule has 0 aliphatic rings. The minimum Gasteiger partial charge on any atom is -0.303 e. The highest BCUT2D eigenvalue weighted by Crippen LogP contribution is 2.11. The van der Waals surface area contributed by atoms with E-state index in [1.54, 1.807) is 0 Å². The normalized spacial score (nSPS) is 9.42. The van der Waals surface area contributed by atoms with Crippen LogP contribution in [-0.4, -0.2) is 6.29 Å². The van der Waals surface area contributed by atoms with Crippen LogP contribution >= 0.6 is 0 Å². The van der Waals surface area contributed by atoms with Crippen LogP contribution in [0.4, 0.5) is 0 Å². The highest BCUT2D eigenvalue weighted by atomic mass is 16.1. The smallest absolute Gasteiger partial charge is 0.124 e. The fourth-order valence-corrected chi connectivity index (χ4v) is 1.02. The van der Waals surface area contributed by atoms with Crippen LogP contribution in [0, 0.1) is 0 Å². The van der Waals surface area contributed by atoms with Crippen molar-refractivity contribution in [2.24, 2.45) is 0 Å². The summed E-state index contributed by atoms with van der Waals surface area (Å²) < 4.78 is 0. The number of benzene rings is 1. The summed E-state index contributed by atoms with van der Waals surface area (Å²) in [6, 6.07) is 7.89. The molecule has 0 fully saturated rings. The molecule has 0 bridgehead atoms. The van der Waals surface area contributed by atoms with Gasteiger partial charge in [0.15, 0.2) is 0 Å². The minimum atomic E-state index is 0.496. The van der Waals surface area contributed by atoms with Gasteiger partial charge in [0.1, 0.15) is 6.29 Å². The van der Waals surface area contributed by atoms with Crippen molar-refractivity contribution in [2.75, 3.05) is 0 Å². The lowest BCUT2D eigenvalue weighted by Gasteiger charge is -1.99. The van der Waals surface area contributed by atoms with E-state index >= 15 is 0 Å². The zero-order valence-electron chi connectivity index (χ0n) is 7.21. The summed E-state index contributed by atoms with van der Waals surface area (Å²) in [5.74, 6) is 0. The number of allylic oxidation sites excluding steroid dienone is 1. The second-order valence-corrected chi connectivity index (χ2v) is 2.85. The Morgan fingerprint density at radius 2 is 2.00 bits per heavy atom. The van der Waals surface area contributed by atoms with Gasteiger partial charge in [-0.1, -0.05) is 36.4 Å². The van der Waals surface area contributed by atoms with Gasteiger partial charge in [-0.05, 0) is 18.1 Å². The predicted octanol–water partition coefficient (Wildman–Crippen LogP) is 2.46. The zero-order valence-corrected chi connectivity index (χ0v) is 7.21. The Balaban J connectivity index is 2.85. The first-order chi connectivity index (χ1) is 5.74. The lowest BCUT2D eigenvalue weighted by molar-refractivity contribution is -0.107. The van der Waals surface area contributed by atoms with Crippen LogP contribution in [0.15, 0.2) is 30.8 Å². The van der Waals surface area contributed by atoms with E-state index in [0.29, 0.717) is 6.42 Å². The monoisotopic (exact) mass is 160 g/mol. The molecule has 0 atom stereocenters. The average Bonchev–Trinajstić information content (AvgIpc) is 2.06. The first kappa shape index (κ1) is 8.72. The Morgan fingerprint density at radius 3 is 2.42 bits per heavy atom. The van der Waals surface area contributed by atoms with Crippen LogP contribution in [0.5, 0.6) is 0 Å². The molecule has 0 amide bonds. The van der Waals surface area contributed by atoms with Crippen molar-refractivity contribution in [1.82, 2.24) is 0 Å². The van der Waals surface area contributed by atoms with Gasteiger partial charge in [0, 0.05) is 6.42 Å². The summed E-state index contributed by atoms with van der Waals surface area (Å²) in [4.78, 5) is 10.2. The molecule has 0 spiro atoms. The molecule has 1 nitrogen and oxygen atoms in total. The molecular weight excluding hydrogens is 148 g/mol. The Bertz CT molecular complexity index is 282. The van der Waals surface area contributed by atoms with E-state index in [4.69, 9.17) is 0 Å². The van der Waals surface area contributed by atoms with Gasteiger partial charge in [0.2, 0.25) is 0 Å². The molecule has 0 saturated heterocycles. The highest BCUT2D eigenvalue weighted by molar-refractivity contribution is 5.62. The molecule has 0 aromatic heterocycles. The maximum Gasteiger partial charge on any atom is 0.124 e. The quantitative estimate of drug-likeness (QED) is 0.621. The van der Waals surface area contributed by atoms with E-state index in [-0.39, 0.29) is 0 Å². The molecule has 62 valence electrons. The average molecular weight is 160 g/mol. The summed E-state index contributed by atoms with van der Waals surface area (Å²) >= 11 is 0. The fraction of sp³-hybridized carbons (Fsp3) is 0.182. The zero-order chi connectivity index (χ0) is 8.97. The largest absolute Gasteiger partial charge is 0.303 e. The third-order valence-electron chi connectivity index (χ3n) is 1.77. The third kappa shape index (κ3) is 2.06. The Kier molecular flexibility index (Phi) is 2.81. The maximum absolute atomic E-state index is 10.2. The first-order valence-corrected chi connectivity index (χ1v) is 3.92. The summed E-state index contributed by atoms with van der Waals surface area (Å²) in [6.07, 6.45) is 1.41. The lowest BCUT2D eigenvalue weighted by Crippen LogP contribution is -1.85. The molecule has 0 aliphatic heterocycles. The van der Waals surface area contributed by atoms with E-state index in [2.05, 4.69) is 6.58 Å². The number of carbonyl (C=O) groups is 1. The topological polar surface area (TPSA) is 17.1 Å². The van der Waals surface area contributed by atoms with Gasteiger partial charge in [0.05, 0.1) is 0 Å². The number of hydrogen-bond donors (Lipinski definition) is 0. The molecule has 0 radical (unpaired) electrons. The van der Waals surface area contributed by atoms with Gasteiger partial charge in [0.25, 0.3) is 0 Å². The molecule has 1 heteroatoms. The fourth-order valence-electron chi connectivity index (χ4n) is 1.02. The van der Waals surface area contributed by atoms with Crippen molar-refractivity contribution >= 4 is 11.9 Å². The van der Waals surface area contributed by atoms with E-state index in [9.17, 15) is 4.79 Å². The molecule has 0 N–H and O–H groups in total. The number of carbonyl (C=O) groups excluding carboxylic acids is 1. The molecular formula is C11H12O. The van der Waals surface area contributed by atoms with Crippen LogP contribution in [-0.2, 0) is 11.2 Å². The van der Waals surface area contributed by atoms with Crippen molar-refractivity contribution in [3.63, 3.8) is 0 Å². The number of hydrogen-bond acceptors (Lipinski definition) is 1. The molecule has 0 saturated carbocycles. The molecule has 1 aromatic carbocycles. The second kappa shape index (κ2) is 3.86. The first-order valence-electron chi connectivity index (χ1n) is 3.92. The molecule has 0 aliphatic carbocycles. The van der Waals surface area contributed by atoms with Crippen molar-refractivity contribution < 1.29 is 4.79 Å². The van der Waals surface area contributed by atoms with E-state index in [0.717, 1.165) is 23.0 Å². The van der Waals surface area contributed by atoms with E-state index in [1.165, 1.54) is 0 Å². The van der Waals surface area contributed by atoms with Crippen molar-refractivity contribution in [3.05, 3.63) is 42.0 Å².